The number of carbonyl (C=O) groups excluding carboxylic acids is 13. The molecule has 0 radical (unpaired) electrons. The molecule has 1 saturated heterocycles. The average Bonchev–Trinajstić information content (AvgIpc) is 0.760. The minimum atomic E-state index is -1.98. The maximum Gasteiger partial charge on any atom is 0.251 e. The van der Waals surface area contributed by atoms with E-state index in [1.54, 1.807) is 85.7 Å². The van der Waals surface area contributed by atoms with Crippen molar-refractivity contribution in [2.45, 2.75) is 263 Å². The van der Waals surface area contributed by atoms with E-state index in [1.807, 2.05) is 68.4 Å². The van der Waals surface area contributed by atoms with Crippen LogP contribution in [0.2, 0.25) is 0 Å². The molecule has 127 heavy (non-hydrogen) atoms. The molecule has 9 amide bonds. The van der Waals surface area contributed by atoms with Crippen LogP contribution in [0.15, 0.2) is 127 Å². The highest BCUT2D eigenvalue weighted by Gasteiger charge is 2.49. The molecule has 4 aromatic carbocycles. The summed E-state index contributed by atoms with van der Waals surface area (Å²) in [4.78, 5) is 203. The van der Waals surface area contributed by atoms with Gasteiger partial charge in [-0.3, -0.25) is 62.3 Å². The van der Waals surface area contributed by atoms with Crippen molar-refractivity contribution in [1.29, 1.82) is 0 Å². The molecule has 0 bridgehead atoms. The fraction of sp³-hybridized carbons (Fsp3) is 0.618. The van der Waals surface area contributed by atoms with Gasteiger partial charge in [0.1, 0.15) is 47.3 Å². The molecule has 4 N–H and O–H groups in total. The third kappa shape index (κ3) is 30.8. The van der Waals surface area contributed by atoms with Gasteiger partial charge >= 0.3 is 0 Å². The van der Waals surface area contributed by atoms with Gasteiger partial charge in [0.25, 0.3) is 5.91 Å². The van der Waals surface area contributed by atoms with Gasteiger partial charge in [-0.25, -0.2) is 0 Å². The Hall–Kier alpha value is -9.12. The lowest BCUT2D eigenvalue weighted by Gasteiger charge is -2.40. The van der Waals surface area contributed by atoms with Crippen LogP contribution in [0, 0.1) is 71.0 Å². The normalized spacial score (nSPS) is 23.2. The summed E-state index contributed by atoms with van der Waals surface area (Å²) in [5.74, 6) is -14.4. The maximum absolute atomic E-state index is 15.9. The van der Waals surface area contributed by atoms with E-state index < -0.39 is 180 Å². The predicted octanol–water partition coefficient (Wildman–Crippen LogP) is 12.6. The van der Waals surface area contributed by atoms with Crippen LogP contribution in [0.1, 0.15) is 224 Å². The molecular weight excluding hydrogens is 1620 g/mol. The Morgan fingerprint density at radius 2 is 0.961 bits per heavy atom. The van der Waals surface area contributed by atoms with Gasteiger partial charge in [0.15, 0.2) is 23.1 Å². The van der Waals surface area contributed by atoms with Crippen molar-refractivity contribution in [3.63, 3.8) is 0 Å². The van der Waals surface area contributed by atoms with Gasteiger partial charge in [-0.15, -0.1) is 0 Å². The molecule has 0 aliphatic carbocycles. The van der Waals surface area contributed by atoms with Crippen LogP contribution in [-0.2, 0) is 68.7 Å². The van der Waals surface area contributed by atoms with Crippen LogP contribution in [0.4, 0.5) is 0 Å². The first kappa shape index (κ1) is 108. The molecule has 2 unspecified atom stereocenters. The number of nitrogens with one attached hydrogen (secondary N) is 3. The second-order valence-electron chi connectivity index (χ2n) is 38.0. The van der Waals surface area contributed by atoms with Crippen molar-refractivity contribution in [3.8, 4) is 0 Å². The molecule has 4 aromatic rings. The average molecular weight is 1780 g/mol. The number of rotatable bonds is 33. The fourth-order valence-corrected chi connectivity index (χ4v) is 22.1. The molecule has 0 saturated carbocycles. The first-order chi connectivity index (χ1) is 59.9. The van der Waals surface area contributed by atoms with Crippen molar-refractivity contribution >= 4 is 99.5 Å². The number of nitrogens with zero attached hydrogens (tertiary/aromatic N) is 6. The summed E-state index contributed by atoms with van der Waals surface area (Å²) in [5.41, 5.74) is 0.794. The molecule has 0 spiro atoms. The van der Waals surface area contributed by atoms with Gasteiger partial charge in [-0.2, -0.15) is 0 Å². The van der Waals surface area contributed by atoms with Gasteiger partial charge in [0.05, 0.1) is 43.6 Å². The van der Waals surface area contributed by atoms with E-state index >= 15 is 38.4 Å². The highest BCUT2D eigenvalue weighted by Crippen LogP contribution is 2.56. The molecule has 1 aliphatic rings. The van der Waals surface area contributed by atoms with Crippen molar-refractivity contribution in [2.24, 2.45) is 71.0 Å². The number of likely N-dealkylation sites (N-methyl/N-ethyl adjacent to an activating group) is 6. The second-order valence-corrected chi connectivity index (χ2v) is 41.7. The van der Waals surface area contributed by atoms with E-state index in [1.165, 1.54) is 94.5 Å². The van der Waals surface area contributed by atoms with Gasteiger partial charge in [0.2, 0.25) is 47.3 Å². The number of benzene rings is 4. The highest BCUT2D eigenvalue weighted by molar-refractivity contribution is 7.95. The Labute approximate surface area is 760 Å². The number of Topliss-reactive ketones (excluding diaryl/α,β-unsaturated/α-hetero) is 4. The van der Waals surface area contributed by atoms with E-state index in [0.29, 0.717) is 18.4 Å². The smallest absolute Gasteiger partial charge is 0.251 e. The number of ether oxygens (including phenoxy) is 1. The van der Waals surface area contributed by atoms with Crippen LogP contribution in [0.3, 0.4) is 0 Å². The van der Waals surface area contributed by atoms with E-state index in [-0.39, 0.29) is 113 Å². The lowest BCUT2D eigenvalue weighted by atomic mass is 9.77. The van der Waals surface area contributed by atoms with E-state index in [0.717, 1.165) is 25.4 Å². The summed E-state index contributed by atoms with van der Waals surface area (Å²) >= 11 is 0. The Balaban J connectivity index is 1.49. The summed E-state index contributed by atoms with van der Waals surface area (Å²) in [7, 11) is 6.86. The Morgan fingerprint density at radius 1 is 0.504 bits per heavy atom. The Bertz CT molecular complexity index is 4160. The zero-order chi connectivity index (χ0) is 95.0. The quantitative estimate of drug-likeness (QED) is 0.0196. The SMILES string of the molecule is C/C=C/C[C@@H](C)[C@@H](O)[C@H]1C(=O)C[C@@H](CC)C(=O)N(C)C(Cc2ccc(C(=O)NCCOCCNC(=O)CCCCC[P+](c3ccccc3)(c3ccccc3)c3ccccc3)cc2)C(=O)N(C)[C@@H](CC(C)C)C(=O)C[C@@H](C(C)C)C(=O)N(C)[C@@H](CC(C)C)C(=O)C[C@@H](C)C(=O)N[C@H](C)C(=O)N(C)[C@@H](CC(C)C)C(=O)N(C)[C@@H](CC(C)C)C(=O)C(C)[C@@H](C(C)C)C(=O)N1C. The second kappa shape index (κ2) is 52.5. The minimum absolute atomic E-state index is 0.0477. The number of aliphatic hydroxyl groups excluding tert-OH is 1. The summed E-state index contributed by atoms with van der Waals surface area (Å²) in [6, 6.07) is 30.2. The molecule has 0 aromatic heterocycles. The fourth-order valence-electron chi connectivity index (χ4n) is 17.7. The molecule has 25 heteroatoms. The number of aliphatic hydroxyl groups is 1. The van der Waals surface area contributed by atoms with Gasteiger partial charge in [-0.05, 0) is 167 Å². The first-order valence-corrected chi connectivity index (χ1v) is 48.5. The summed E-state index contributed by atoms with van der Waals surface area (Å²) in [6.07, 6.45) is 5.72. The maximum atomic E-state index is 15.9. The number of hydrogen-bond donors (Lipinski definition) is 4. The van der Waals surface area contributed by atoms with Crippen LogP contribution < -0.4 is 31.9 Å². The number of carbonyl (C=O) groups is 13. The predicted molar refractivity (Wildman–Crippen MR) is 507 cm³/mol. The van der Waals surface area contributed by atoms with Gasteiger partial charge < -0.3 is 55.2 Å². The van der Waals surface area contributed by atoms with Crippen molar-refractivity contribution in [2.75, 3.05) is 74.8 Å². The minimum Gasteiger partial charge on any atom is -0.390 e. The van der Waals surface area contributed by atoms with Crippen LogP contribution >= 0.6 is 7.26 Å². The Morgan fingerprint density at radius 3 is 1.45 bits per heavy atom. The van der Waals surface area contributed by atoms with Gasteiger partial charge in [0, 0.05) is 123 Å². The lowest BCUT2D eigenvalue weighted by molar-refractivity contribution is -0.154. The molecule has 1 fully saturated rings. The molecule has 24 nitrogen and oxygen atoms in total. The van der Waals surface area contributed by atoms with Crippen LogP contribution in [0.5, 0.6) is 0 Å². The van der Waals surface area contributed by atoms with Crippen molar-refractivity contribution in [1.82, 2.24) is 45.3 Å². The number of ketones is 4. The van der Waals surface area contributed by atoms with E-state index in [9.17, 15) is 29.1 Å². The standard InChI is InChI=1S/C102H154N9O15P/c1-25-27-40-71(15)93(116)92-89(114)63-76(26-2)98(121)110(23)86(62-75-48-50-77(51-49-75)96(119)104-53-55-126-54-52-103-90(115)47-38-31-39-56-127(78-41-32-28-33-42-78,79-43-34-29-35-44-79)80-45-36-30-37-46-80)101(124)107(20)83(58-66(5)6)88(113)64-81(69(11)12)99(122)106(19)82(57-65(3)4)87(112)61-72(16)95(118)105-74(18)97(120)109(22)85(60-68(9)10)100(123)108(21)84(59-67(7)8)94(117)73(17)91(70(13)14)102(125)111(92)24/h25,27-30,32-37,41-46,48-51,65-74,76,81-86,91-93,116H,26,31,38-40,47,52-64H2,1-24H3,(H2-,103,104,105,115,118,119)/p+1/b27-25+/t71-,72-,73?,74-,76-,81+,82+,83+,84+,85+,86?,91-,92-,93-/m1/s1. The molecular formula is C102H155N9O15P+. The highest BCUT2D eigenvalue weighted by atomic mass is 31.2. The molecule has 702 valence electrons. The summed E-state index contributed by atoms with van der Waals surface area (Å²) in [5, 5.41) is 25.2. The topological polar surface area (TPSA) is 307 Å². The third-order valence-electron chi connectivity index (χ3n) is 25.5. The summed E-state index contributed by atoms with van der Waals surface area (Å²) in [6.45, 7) is 33.1. The monoisotopic (exact) mass is 1780 g/mol. The Kier molecular flexibility index (Phi) is 44.8. The molecule has 14 atom stereocenters. The molecule has 5 rings (SSSR count). The van der Waals surface area contributed by atoms with Crippen LogP contribution in [0.25, 0.3) is 0 Å². The largest absolute Gasteiger partial charge is 0.390 e. The molecule has 1 aliphatic heterocycles. The number of amides is 9. The summed E-state index contributed by atoms with van der Waals surface area (Å²) < 4.78 is 5.83. The van der Waals surface area contributed by atoms with Gasteiger partial charge in [-0.1, -0.05) is 190 Å². The third-order valence-corrected chi connectivity index (χ3v) is 30.0. The number of unbranched alkanes of at least 4 members (excludes halogenated alkanes) is 2. The number of hydrogen-bond acceptors (Lipinski definition) is 15. The van der Waals surface area contributed by atoms with E-state index in [4.69, 9.17) is 4.74 Å². The first-order valence-electron chi connectivity index (χ1n) is 46.5. The van der Waals surface area contributed by atoms with Crippen molar-refractivity contribution in [3.05, 3.63) is 139 Å². The van der Waals surface area contributed by atoms with Crippen LogP contribution in [-0.4, -0.2) is 234 Å². The molecule has 1 heterocycles. The number of allylic oxidation sites excluding steroid dienone is 2. The zero-order valence-electron chi connectivity index (χ0n) is 80.9. The van der Waals surface area contributed by atoms with E-state index in [2.05, 4.69) is 107 Å². The van der Waals surface area contributed by atoms with Crippen molar-refractivity contribution < 1.29 is 72.2 Å². The zero-order valence-corrected chi connectivity index (χ0v) is 81.8. The lowest BCUT2D eigenvalue weighted by Crippen LogP contribution is -2.58.